The van der Waals surface area contributed by atoms with Crippen LogP contribution in [0, 0.1) is 0 Å². The number of anilines is 1. The maximum Gasteiger partial charge on any atom is 0.246 e. The Morgan fingerprint density at radius 1 is 1.30 bits per heavy atom. The summed E-state index contributed by atoms with van der Waals surface area (Å²) in [6.45, 7) is 1.30. The van der Waals surface area contributed by atoms with E-state index in [1.165, 1.54) is 11.0 Å². The van der Waals surface area contributed by atoms with E-state index in [9.17, 15) is 4.79 Å². The fraction of sp³-hybridized carbons (Fsp3) is 0.333. The Bertz CT molecular complexity index is 599. The van der Waals surface area contributed by atoms with Crippen molar-refractivity contribution >= 4 is 11.6 Å². The summed E-state index contributed by atoms with van der Waals surface area (Å²) in [5, 5.41) is 13.3. The zero-order chi connectivity index (χ0) is 13.8. The normalized spacial score (nSPS) is 13.6. The van der Waals surface area contributed by atoms with Crippen molar-refractivity contribution < 1.29 is 14.3 Å². The minimum Gasteiger partial charge on any atom is -0.490 e. The van der Waals surface area contributed by atoms with Crippen LogP contribution in [0.5, 0.6) is 11.5 Å². The van der Waals surface area contributed by atoms with Gasteiger partial charge in [-0.1, -0.05) is 0 Å². The molecule has 1 N–H and O–H groups in total. The number of ether oxygens (including phenoxy) is 2. The van der Waals surface area contributed by atoms with Crippen LogP contribution in [0.25, 0.3) is 0 Å². The Balaban J connectivity index is 1.68. The maximum absolute atomic E-state index is 11.8. The second kappa shape index (κ2) is 5.55. The highest BCUT2D eigenvalue weighted by molar-refractivity contribution is 5.90. The summed E-state index contributed by atoms with van der Waals surface area (Å²) < 4.78 is 12.4. The van der Waals surface area contributed by atoms with E-state index < -0.39 is 0 Å². The molecule has 0 saturated heterocycles. The summed E-state index contributed by atoms with van der Waals surface area (Å²) in [6, 6.07) is 5.30. The number of amides is 1. The summed E-state index contributed by atoms with van der Waals surface area (Å²) >= 11 is 0. The van der Waals surface area contributed by atoms with Gasteiger partial charge < -0.3 is 14.8 Å². The van der Waals surface area contributed by atoms with Crippen molar-refractivity contribution in [3.63, 3.8) is 0 Å². The van der Waals surface area contributed by atoms with Crippen LogP contribution in [0.3, 0.4) is 0 Å². The number of hydrogen-bond acceptors (Lipinski definition) is 6. The van der Waals surface area contributed by atoms with E-state index in [2.05, 4.69) is 20.8 Å². The lowest BCUT2D eigenvalue weighted by Crippen LogP contribution is -2.19. The molecule has 1 aromatic carbocycles. The number of benzene rings is 1. The second-order valence-electron chi connectivity index (χ2n) is 4.27. The van der Waals surface area contributed by atoms with Crippen molar-refractivity contribution in [1.29, 1.82) is 0 Å². The minimum atomic E-state index is -0.216. The van der Waals surface area contributed by atoms with E-state index in [-0.39, 0.29) is 12.5 Å². The molecule has 0 aliphatic carbocycles. The third-order valence-electron chi connectivity index (χ3n) is 2.73. The number of hydrogen-bond donors (Lipinski definition) is 1. The summed E-state index contributed by atoms with van der Waals surface area (Å²) in [7, 11) is 0. The minimum absolute atomic E-state index is 0.0570. The van der Waals surface area contributed by atoms with E-state index in [4.69, 9.17) is 9.47 Å². The molecule has 104 valence electrons. The van der Waals surface area contributed by atoms with E-state index in [1.807, 2.05) is 0 Å². The Kier molecular flexibility index (Phi) is 3.44. The summed E-state index contributed by atoms with van der Waals surface area (Å²) in [5.41, 5.74) is 0.646. The smallest absolute Gasteiger partial charge is 0.246 e. The average Bonchev–Trinajstić information content (AvgIpc) is 2.82. The molecule has 3 rings (SSSR count). The van der Waals surface area contributed by atoms with Crippen LogP contribution in [0.2, 0.25) is 0 Å². The van der Waals surface area contributed by atoms with Gasteiger partial charge in [-0.25, -0.2) is 4.68 Å². The molecule has 2 heterocycles. The highest BCUT2D eigenvalue weighted by Crippen LogP contribution is 2.32. The SMILES string of the molecule is O=C(Cn1cnnn1)Nc1ccc2c(c1)OCCCO2. The van der Waals surface area contributed by atoms with Crippen molar-refractivity contribution in [2.24, 2.45) is 0 Å². The van der Waals surface area contributed by atoms with Crippen LogP contribution in [0.4, 0.5) is 5.69 Å². The highest BCUT2D eigenvalue weighted by Gasteiger charge is 2.12. The van der Waals surface area contributed by atoms with Crippen molar-refractivity contribution in [3.8, 4) is 11.5 Å². The van der Waals surface area contributed by atoms with Crippen LogP contribution in [0.15, 0.2) is 24.5 Å². The Hall–Kier alpha value is -2.64. The fourth-order valence-corrected chi connectivity index (χ4v) is 1.84. The van der Waals surface area contributed by atoms with Gasteiger partial charge in [-0.3, -0.25) is 4.79 Å². The first-order valence-corrected chi connectivity index (χ1v) is 6.21. The molecule has 1 aromatic heterocycles. The lowest BCUT2D eigenvalue weighted by molar-refractivity contribution is -0.116. The Morgan fingerprint density at radius 3 is 2.95 bits per heavy atom. The third-order valence-corrected chi connectivity index (χ3v) is 2.73. The molecule has 1 amide bonds. The molecule has 8 nitrogen and oxygen atoms in total. The van der Waals surface area contributed by atoms with Crippen molar-refractivity contribution in [2.45, 2.75) is 13.0 Å². The van der Waals surface area contributed by atoms with E-state index in [1.54, 1.807) is 18.2 Å². The number of aromatic nitrogens is 4. The molecule has 0 radical (unpaired) electrons. The van der Waals surface area contributed by atoms with Crippen LogP contribution in [-0.4, -0.2) is 39.3 Å². The Labute approximate surface area is 114 Å². The summed E-state index contributed by atoms with van der Waals surface area (Å²) in [4.78, 5) is 11.8. The molecule has 1 aliphatic heterocycles. The number of fused-ring (bicyclic) bond motifs is 1. The molecule has 1 aliphatic rings. The van der Waals surface area contributed by atoms with Gasteiger partial charge in [-0.2, -0.15) is 0 Å². The Morgan fingerprint density at radius 2 is 2.15 bits per heavy atom. The van der Waals surface area contributed by atoms with Crippen LogP contribution < -0.4 is 14.8 Å². The predicted octanol–water partition coefficient (Wildman–Crippen LogP) is 0.473. The van der Waals surface area contributed by atoms with Gasteiger partial charge in [-0.05, 0) is 22.6 Å². The molecule has 0 saturated carbocycles. The monoisotopic (exact) mass is 275 g/mol. The third kappa shape index (κ3) is 2.85. The first-order valence-electron chi connectivity index (χ1n) is 6.21. The molecule has 2 aromatic rings. The lowest BCUT2D eigenvalue weighted by Gasteiger charge is -2.10. The quantitative estimate of drug-likeness (QED) is 0.875. The average molecular weight is 275 g/mol. The molecule has 0 atom stereocenters. The highest BCUT2D eigenvalue weighted by atomic mass is 16.5. The number of rotatable bonds is 3. The van der Waals surface area contributed by atoms with Gasteiger partial charge >= 0.3 is 0 Å². The van der Waals surface area contributed by atoms with Gasteiger partial charge in [0.15, 0.2) is 11.5 Å². The predicted molar refractivity (Wildman–Crippen MR) is 68.5 cm³/mol. The zero-order valence-corrected chi connectivity index (χ0v) is 10.7. The molecule has 0 unspecified atom stereocenters. The number of nitrogens with one attached hydrogen (secondary N) is 1. The maximum atomic E-state index is 11.8. The van der Waals surface area contributed by atoms with Gasteiger partial charge in [0.25, 0.3) is 0 Å². The van der Waals surface area contributed by atoms with Crippen molar-refractivity contribution in [1.82, 2.24) is 20.2 Å². The zero-order valence-electron chi connectivity index (χ0n) is 10.7. The standard InChI is InChI=1S/C12H13N5O3/c18-12(7-17-8-13-15-16-17)14-9-2-3-10-11(6-9)20-5-1-4-19-10/h2-3,6,8H,1,4-5,7H2,(H,14,18). The molecule has 8 heteroatoms. The van der Waals surface area contributed by atoms with Gasteiger partial charge in [0.2, 0.25) is 5.91 Å². The first kappa shape index (κ1) is 12.4. The largest absolute Gasteiger partial charge is 0.490 e. The second-order valence-corrected chi connectivity index (χ2v) is 4.27. The summed E-state index contributed by atoms with van der Waals surface area (Å²) in [6.07, 6.45) is 2.23. The fourth-order valence-electron chi connectivity index (χ4n) is 1.84. The molecule has 20 heavy (non-hydrogen) atoms. The van der Waals surface area contributed by atoms with E-state index >= 15 is 0 Å². The van der Waals surface area contributed by atoms with Gasteiger partial charge in [0.1, 0.15) is 12.9 Å². The van der Waals surface area contributed by atoms with E-state index in [0.29, 0.717) is 30.4 Å². The van der Waals surface area contributed by atoms with Crippen LogP contribution >= 0.6 is 0 Å². The number of nitrogens with zero attached hydrogens (tertiary/aromatic N) is 4. The first-order chi connectivity index (χ1) is 9.81. The lowest BCUT2D eigenvalue weighted by atomic mass is 10.2. The van der Waals surface area contributed by atoms with E-state index in [0.717, 1.165) is 6.42 Å². The number of carbonyl (C=O) groups excluding carboxylic acids is 1. The summed E-state index contributed by atoms with van der Waals surface area (Å²) in [5.74, 6) is 1.12. The molecule has 0 bridgehead atoms. The topological polar surface area (TPSA) is 91.2 Å². The molecule has 0 spiro atoms. The molecular formula is C12H13N5O3. The van der Waals surface area contributed by atoms with Gasteiger partial charge in [-0.15, -0.1) is 5.10 Å². The van der Waals surface area contributed by atoms with Crippen molar-refractivity contribution in [3.05, 3.63) is 24.5 Å². The van der Waals surface area contributed by atoms with Gasteiger partial charge in [0.05, 0.1) is 13.2 Å². The molecular weight excluding hydrogens is 262 g/mol. The van der Waals surface area contributed by atoms with Crippen LogP contribution in [0.1, 0.15) is 6.42 Å². The van der Waals surface area contributed by atoms with Crippen molar-refractivity contribution in [2.75, 3.05) is 18.5 Å². The number of carbonyl (C=O) groups is 1. The number of tetrazole rings is 1. The van der Waals surface area contributed by atoms with Gasteiger partial charge in [0, 0.05) is 18.2 Å². The molecule has 0 fully saturated rings. The van der Waals surface area contributed by atoms with Crippen LogP contribution in [-0.2, 0) is 11.3 Å².